The minimum atomic E-state index is -1.19. The summed E-state index contributed by atoms with van der Waals surface area (Å²) in [5.74, 6) is -2.92. The van der Waals surface area contributed by atoms with Crippen LogP contribution in [0.15, 0.2) is 30.5 Å². The van der Waals surface area contributed by atoms with Gasteiger partial charge in [0.15, 0.2) is 0 Å². The lowest BCUT2D eigenvalue weighted by Gasteiger charge is -2.17. The monoisotopic (exact) mass is 389 g/mol. The number of para-hydroxylation sites is 1. The molecule has 2 atom stereocenters. The van der Waals surface area contributed by atoms with Gasteiger partial charge in [-0.15, -0.1) is 0 Å². The van der Waals surface area contributed by atoms with Crippen LogP contribution < -0.4 is 21.7 Å². The second kappa shape index (κ2) is 9.51. The molecule has 2 unspecified atom stereocenters. The van der Waals surface area contributed by atoms with Crippen molar-refractivity contribution in [1.82, 2.24) is 20.9 Å². The van der Waals surface area contributed by atoms with Gasteiger partial charge in [-0.3, -0.25) is 19.2 Å². The van der Waals surface area contributed by atoms with Gasteiger partial charge in [-0.05, 0) is 25.0 Å². The van der Waals surface area contributed by atoms with Crippen LogP contribution in [0, 0.1) is 0 Å². The molecule has 0 saturated carbocycles. The number of aromatic nitrogens is 1. The quantitative estimate of drug-likeness (QED) is 0.317. The van der Waals surface area contributed by atoms with Crippen molar-refractivity contribution < 1.29 is 24.3 Å². The van der Waals surface area contributed by atoms with E-state index in [1.165, 1.54) is 6.92 Å². The number of carboxylic acids is 1. The highest BCUT2D eigenvalue weighted by atomic mass is 16.4. The van der Waals surface area contributed by atoms with Crippen molar-refractivity contribution in [3.63, 3.8) is 0 Å². The van der Waals surface area contributed by atoms with E-state index in [0.717, 1.165) is 16.5 Å². The summed E-state index contributed by atoms with van der Waals surface area (Å²) in [4.78, 5) is 49.1. The largest absolute Gasteiger partial charge is 0.480 e. The predicted molar refractivity (Wildman–Crippen MR) is 101 cm³/mol. The Morgan fingerprint density at radius 2 is 1.82 bits per heavy atom. The van der Waals surface area contributed by atoms with Gasteiger partial charge in [0.2, 0.25) is 17.7 Å². The van der Waals surface area contributed by atoms with Crippen LogP contribution >= 0.6 is 0 Å². The van der Waals surface area contributed by atoms with Crippen molar-refractivity contribution in [1.29, 1.82) is 0 Å². The van der Waals surface area contributed by atoms with E-state index in [-0.39, 0.29) is 0 Å². The summed E-state index contributed by atoms with van der Waals surface area (Å²) in [5, 5.41) is 16.4. The van der Waals surface area contributed by atoms with E-state index in [2.05, 4.69) is 20.9 Å². The number of amides is 3. The van der Waals surface area contributed by atoms with Crippen LogP contribution in [-0.2, 0) is 25.6 Å². The first-order valence-corrected chi connectivity index (χ1v) is 8.65. The van der Waals surface area contributed by atoms with Gasteiger partial charge in [0.05, 0.1) is 12.6 Å². The summed E-state index contributed by atoms with van der Waals surface area (Å²) in [5.41, 5.74) is 7.80. The van der Waals surface area contributed by atoms with Gasteiger partial charge in [0.25, 0.3) is 0 Å². The molecule has 10 nitrogen and oxygen atoms in total. The average molecular weight is 389 g/mol. The van der Waals surface area contributed by atoms with E-state index in [4.69, 9.17) is 10.8 Å². The summed E-state index contributed by atoms with van der Waals surface area (Å²) in [6.07, 6.45) is 2.09. The van der Waals surface area contributed by atoms with Gasteiger partial charge >= 0.3 is 5.97 Å². The lowest BCUT2D eigenvalue weighted by atomic mass is 10.0. The number of H-pyrrole nitrogens is 1. The molecule has 2 aromatic rings. The Balaban J connectivity index is 1.81. The standard InChI is InChI=1S/C18H23N5O5/c1-10(17(27)22-8-15(24)21-9-16(25)26)23-18(28)13(19)6-11-7-20-14-5-3-2-4-12(11)14/h2-5,7,10,13,20H,6,8-9,19H2,1H3,(H,21,24)(H,22,27)(H,23,28)(H,25,26). The van der Waals surface area contributed by atoms with E-state index in [1.807, 2.05) is 24.3 Å². The zero-order chi connectivity index (χ0) is 20.7. The summed E-state index contributed by atoms with van der Waals surface area (Å²) in [6, 6.07) is 5.88. The van der Waals surface area contributed by atoms with Gasteiger partial charge < -0.3 is 31.8 Å². The Morgan fingerprint density at radius 3 is 2.54 bits per heavy atom. The van der Waals surface area contributed by atoms with Crippen LogP contribution in [0.2, 0.25) is 0 Å². The molecule has 0 saturated heterocycles. The van der Waals surface area contributed by atoms with Gasteiger partial charge in [-0.25, -0.2) is 0 Å². The normalized spacial score (nSPS) is 12.8. The number of carbonyl (C=O) groups is 4. The first-order chi connectivity index (χ1) is 13.3. The van der Waals surface area contributed by atoms with Gasteiger partial charge in [0.1, 0.15) is 12.6 Å². The summed E-state index contributed by atoms with van der Waals surface area (Å²) in [7, 11) is 0. The fourth-order valence-corrected chi connectivity index (χ4v) is 2.57. The SMILES string of the molecule is CC(NC(=O)C(N)Cc1c[nH]c2ccccc12)C(=O)NCC(=O)NCC(=O)O. The molecule has 1 heterocycles. The van der Waals surface area contributed by atoms with E-state index in [0.29, 0.717) is 6.42 Å². The molecule has 1 aromatic carbocycles. The van der Waals surface area contributed by atoms with Gasteiger partial charge in [0, 0.05) is 17.1 Å². The van der Waals surface area contributed by atoms with Crippen LogP contribution in [0.4, 0.5) is 0 Å². The number of carboxylic acid groups (broad SMARTS) is 1. The van der Waals surface area contributed by atoms with Crippen molar-refractivity contribution in [3.8, 4) is 0 Å². The Hall–Kier alpha value is -3.40. The third kappa shape index (κ3) is 5.81. The van der Waals surface area contributed by atoms with Crippen LogP contribution in [0.25, 0.3) is 10.9 Å². The number of aliphatic carboxylic acids is 1. The second-order valence-electron chi connectivity index (χ2n) is 6.29. The van der Waals surface area contributed by atoms with Crippen LogP contribution in [0.3, 0.4) is 0 Å². The molecule has 1 aromatic heterocycles. The molecule has 7 N–H and O–H groups in total. The molecule has 28 heavy (non-hydrogen) atoms. The number of carbonyl (C=O) groups excluding carboxylic acids is 3. The lowest BCUT2D eigenvalue weighted by molar-refractivity contribution is -0.138. The fraction of sp³-hybridized carbons (Fsp3) is 0.333. The maximum atomic E-state index is 12.3. The van der Waals surface area contributed by atoms with Crippen molar-refractivity contribution >= 4 is 34.6 Å². The molecule has 0 bridgehead atoms. The molecule has 0 aliphatic heterocycles. The van der Waals surface area contributed by atoms with Crippen LogP contribution in [0.1, 0.15) is 12.5 Å². The highest BCUT2D eigenvalue weighted by Gasteiger charge is 2.21. The van der Waals surface area contributed by atoms with E-state index >= 15 is 0 Å². The van der Waals surface area contributed by atoms with Crippen LogP contribution in [0.5, 0.6) is 0 Å². The predicted octanol–water partition coefficient (Wildman–Crippen LogP) is -1.14. The summed E-state index contributed by atoms with van der Waals surface area (Å²) in [6.45, 7) is 0.526. The Kier molecular flexibility index (Phi) is 7.10. The third-order valence-corrected chi connectivity index (χ3v) is 4.06. The average Bonchev–Trinajstić information content (AvgIpc) is 3.07. The Bertz CT molecular complexity index is 878. The first-order valence-electron chi connectivity index (χ1n) is 8.65. The highest BCUT2D eigenvalue weighted by Crippen LogP contribution is 2.18. The number of aromatic amines is 1. The highest BCUT2D eigenvalue weighted by molar-refractivity contribution is 5.92. The number of nitrogens with two attached hydrogens (primary N) is 1. The van der Waals surface area contributed by atoms with Crippen molar-refractivity contribution in [2.45, 2.75) is 25.4 Å². The number of benzene rings is 1. The molecule has 0 aliphatic rings. The number of hydrogen-bond donors (Lipinski definition) is 6. The molecule has 2 rings (SSSR count). The number of fused-ring (bicyclic) bond motifs is 1. The van der Waals surface area contributed by atoms with E-state index in [9.17, 15) is 19.2 Å². The smallest absolute Gasteiger partial charge is 0.322 e. The molecular weight excluding hydrogens is 366 g/mol. The molecule has 0 fully saturated rings. The molecule has 150 valence electrons. The topological polar surface area (TPSA) is 166 Å². The van der Waals surface area contributed by atoms with Crippen molar-refractivity contribution in [2.75, 3.05) is 13.1 Å². The molecule has 3 amide bonds. The van der Waals surface area contributed by atoms with E-state index < -0.39 is 48.9 Å². The number of hydrogen-bond acceptors (Lipinski definition) is 5. The van der Waals surface area contributed by atoms with Crippen molar-refractivity contribution in [2.24, 2.45) is 5.73 Å². The summed E-state index contributed by atoms with van der Waals surface area (Å²) >= 11 is 0. The second-order valence-corrected chi connectivity index (χ2v) is 6.29. The lowest BCUT2D eigenvalue weighted by Crippen LogP contribution is -2.52. The summed E-state index contributed by atoms with van der Waals surface area (Å²) < 4.78 is 0. The minimum Gasteiger partial charge on any atom is -0.480 e. The first kappa shape index (κ1) is 20.9. The number of rotatable bonds is 9. The van der Waals surface area contributed by atoms with Gasteiger partial charge in [-0.1, -0.05) is 18.2 Å². The molecule has 10 heteroatoms. The zero-order valence-corrected chi connectivity index (χ0v) is 15.3. The minimum absolute atomic E-state index is 0.293. The maximum absolute atomic E-state index is 12.3. The number of nitrogens with one attached hydrogen (secondary N) is 4. The third-order valence-electron chi connectivity index (χ3n) is 4.06. The van der Waals surface area contributed by atoms with Crippen molar-refractivity contribution in [3.05, 3.63) is 36.0 Å². The fourth-order valence-electron chi connectivity index (χ4n) is 2.57. The Morgan fingerprint density at radius 1 is 1.11 bits per heavy atom. The molecule has 0 spiro atoms. The van der Waals surface area contributed by atoms with Gasteiger partial charge in [-0.2, -0.15) is 0 Å². The zero-order valence-electron chi connectivity index (χ0n) is 15.3. The molecular formula is C18H23N5O5. The molecule has 0 aliphatic carbocycles. The Labute approximate surface area is 160 Å². The maximum Gasteiger partial charge on any atom is 0.322 e. The molecule has 0 radical (unpaired) electrons. The van der Waals surface area contributed by atoms with E-state index in [1.54, 1.807) is 6.20 Å². The van der Waals surface area contributed by atoms with Crippen LogP contribution in [-0.4, -0.2) is 59.0 Å².